The molecule has 2 atom stereocenters. The SMILES string of the molecule is COC(=O)NC1CCCN(C(C)C2CC2)C1. The van der Waals surface area contributed by atoms with Gasteiger partial charge in [0.05, 0.1) is 7.11 Å². The van der Waals surface area contributed by atoms with Gasteiger partial charge in [-0.25, -0.2) is 4.79 Å². The maximum Gasteiger partial charge on any atom is 0.407 e. The molecule has 0 spiro atoms. The van der Waals surface area contributed by atoms with Crippen LogP contribution in [0.1, 0.15) is 32.6 Å². The Labute approximate surface area is 97.3 Å². The Morgan fingerprint density at radius 2 is 2.19 bits per heavy atom. The summed E-state index contributed by atoms with van der Waals surface area (Å²) in [6.45, 7) is 4.47. The molecule has 1 saturated carbocycles. The molecule has 0 aromatic heterocycles. The van der Waals surface area contributed by atoms with Crippen molar-refractivity contribution in [2.45, 2.75) is 44.7 Å². The van der Waals surface area contributed by atoms with Gasteiger partial charge < -0.3 is 10.1 Å². The van der Waals surface area contributed by atoms with Gasteiger partial charge in [0.2, 0.25) is 0 Å². The van der Waals surface area contributed by atoms with Crippen LogP contribution in [0.25, 0.3) is 0 Å². The molecule has 4 nitrogen and oxygen atoms in total. The Kier molecular flexibility index (Phi) is 3.69. The van der Waals surface area contributed by atoms with Gasteiger partial charge in [-0.2, -0.15) is 0 Å². The molecule has 2 unspecified atom stereocenters. The molecule has 1 N–H and O–H groups in total. The summed E-state index contributed by atoms with van der Waals surface area (Å²) in [5.74, 6) is 0.900. The third-order valence-electron chi connectivity index (χ3n) is 3.84. The lowest BCUT2D eigenvalue weighted by Gasteiger charge is -2.37. The van der Waals surface area contributed by atoms with Crippen LogP contribution in [0.2, 0.25) is 0 Å². The predicted octanol–water partition coefficient (Wildman–Crippen LogP) is 1.61. The summed E-state index contributed by atoms with van der Waals surface area (Å²) >= 11 is 0. The largest absolute Gasteiger partial charge is 0.453 e. The van der Waals surface area contributed by atoms with Crippen molar-refractivity contribution < 1.29 is 9.53 Å². The van der Waals surface area contributed by atoms with Crippen LogP contribution in [0, 0.1) is 5.92 Å². The number of likely N-dealkylation sites (tertiary alicyclic amines) is 1. The molecular weight excluding hydrogens is 204 g/mol. The molecule has 1 amide bonds. The molecule has 2 rings (SSSR count). The number of piperidine rings is 1. The third kappa shape index (κ3) is 2.88. The zero-order valence-electron chi connectivity index (χ0n) is 10.2. The number of nitrogens with zero attached hydrogens (tertiary/aromatic N) is 1. The summed E-state index contributed by atoms with van der Waals surface area (Å²) in [6, 6.07) is 0.949. The highest BCUT2D eigenvalue weighted by Gasteiger charge is 2.34. The molecule has 1 aliphatic carbocycles. The molecule has 2 aliphatic rings. The Bertz CT molecular complexity index is 253. The maximum atomic E-state index is 11.2. The third-order valence-corrected chi connectivity index (χ3v) is 3.84. The van der Waals surface area contributed by atoms with E-state index in [0.717, 1.165) is 18.9 Å². The number of ether oxygens (including phenoxy) is 1. The molecule has 1 saturated heterocycles. The molecule has 0 aromatic rings. The van der Waals surface area contributed by atoms with Gasteiger partial charge in [0.1, 0.15) is 0 Å². The molecule has 1 aliphatic heterocycles. The van der Waals surface area contributed by atoms with Gasteiger partial charge in [0.15, 0.2) is 0 Å². The number of alkyl carbamates (subject to hydrolysis) is 1. The van der Waals surface area contributed by atoms with Gasteiger partial charge in [-0.15, -0.1) is 0 Å². The quantitative estimate of drug-likeness (QED) is 0.795. The summed E-state index contributed by atoms with van der Waals surface area (Å²) in [5, 5.41) is 2.91. The van der Waals surface area contributed by atoms with Crippen molar-refractivity contribution in [3.8, 4) is 0 Å². The van der Waals surface area contributed by atoms with Crippen LogP contribution in [0.5, 0.6) is 0 Å². The lowest BCUT2D eigenvalue weighted by molar-refractivity contribution is 0.121. The van der Waals surface area contributed by atoms with Crippen LogP contribution in [-0.4, -0.2) is 43.3 Å². The fraction of sp³-hybridized carbons (Fsp3) is 0.917. The summed E-state index contributed by atoms with van der Waals surface area (Å²) in [6.07, 6.45) is 4.71. The van der Waals surface area contributed by atoms with Crippen molar-refractivity contribution in [2.24, 2.45) is 5.92 Å². The van der Waals surface area contributed by atoms with Crippen LogP contribution in [0.3, 0.4) is 0 Å². The normalized spacial score (nSPS) is 28.5. The van der Waals surface area contributed by atoms with E-state index in [1.54, 1.807) is 0 Å². The zero-order valence-corrected chi connectivity index (χ0v) is 10.2. The minimum Gasteiger partial charge on any atom is -0.453 e. The van der Waals surface area contributed by atoms with E-state index in [0.29, 0.717) is 6.04 Å². The van der Waals surface area contributed by atoms with E-state index in [9.17, 15) is 4.79 Å². The second-order valence-corrected chi connectivity index (χ2v) is 5.05. The molecule has 0 bridgehead atoms. The number of carbonyl (C=O) groups excluding carboxylic acids is 1. The van der Waals surface area contributed by atoms with Crippen molar-refractivity contribution >= 4 is 6.09 Å². The monoisotopic (exact) mass is 226 g/mol. The predicted molar refractivity (Wildman–Crippen MR) is 62.3 cm³/mol. The summed E-state index contributed by atoms with van der Waals surface area (Å²) in [5.41, 5.74) is 0. The van der Waals surface area contributed by atoms with Crippen molar-refractivity contribution in [1.29, 1.82) is 0 Å². The molecule has 4 heteroatoms. The van der Waals surface area contributed by atoms with Gasteiger partial charge in [-0.05, 0) is 45.1 Å². The van der Waals surface area contributed by atoms with Crippen LogP contribution >= 0.6 is 0 Å². The van der Waals surface area contributed by atoms with Crippen LogP contribution in [0.15, 0.2) is 0 Å². The van der Waals surface area contributed by atoms with Crippen LogP contribution in [-0.2, 0) is 4.74 Å². The fourth-order valence-electron chi connectivity index (χ4n) is 2.60. The number of hydrogen-bond acceptors (Lipinski definition) is 3. The number of nitrogens with one attached hydrogen (secondary N) is 1. The van der Waals surface area contributed by atoms with Crippen molar-refractivity contribution in [3.63, 3.8) is 0 Å². The molecule has 0 radical (unpaired) electrons. The van der Waals surface area contributed by atoms with Crippen LogP contribution in [0.4, 0.5) is 4.79 Å². The van der Waals surface area contributed by atoms with Crippen molar-refractivity contribution in [1.82, 2.24) is 10.2 Å². The molecule has 1 heterocycles. The first-order valence-corrected chi connectivity index (χ1v) is 6.29. The highest BCUT2D eigenvalue weighted by atomic mass is 16.5. The fourth-order valence-corrected chi connectivity index (χ4v) is 2.60. The minimum atomic E-state index is -0.300. The lowest BCUT2D eigenvalue weighted by Crippen LogP contribution is -2.50. The summed E-state index contributed by atoms with van der Waals surface area (Å²) < 4.78 is 4.64. The average Bonchev–Trinajstić information content (AvgIpc) is 3.12. The molecule has 16 heavy (non-hydrogen) atoms. The van der Waals surface area contributed by atoms with Gasteiger partial charge in [0.25, 0.3) is 0 Å². The van der Waals surface area contributed by atoms with E-state index < -0.39 is 0 Å². The lowest BCUT2D eigenvalue weighted by atomic mass is 10.0. The van der Waals surface area contributed by atoms with Crippen LogP contribution < -0.4 is 5.32 Å². The summed E-state index contributed by atoms with van der Waals surface area (Å²) in [4.78, 5) is 13.7. The van der Waals surface area contributed by atoms with Crippen molar-refractivity contribution in [3.05, 3.63) is 0 Å². The Morgan fingerprint density at radius 3 is 2.81 bits per heavy atom. The average molecular weight is 226 g/mol. The highest BCUT2D eigenvalue weighted by molar-refractivity contribution is 5.67. The number of amides is 1. The Balaban J connectivity index is 1.81. The number of methoxy groups -OCH3 is 1. The summed E-state index contributed by atoms with van der Waals surface area (Å²) in [7, 11) is 1.42. The van der Waals surface area contributed by atoms with E-state index in [4.69, 9.17) is 0 Å². The standard InChI is InChI=1S/C12H22N2O2/c1-9(10-5-6-10)14-7-3-4-11(8-14)13-12(15)16-2/h9-11H,3-8H2,1-2H3,(H,13,15). The van der Waals surface area contributed by atoms with Gasteiger partial charge in [0, 0.05) is 18.6 Å². The van der Waals surface area contributed by atoms with Crippen molar-refractivity contribution in [2.75, 3.05) is 20.2 Å². The first-order chi connectivity index (χ1) is 7.70. The zero-order chi connectivity index (χ0) is 11.5. The molecule has 2 fully saturated rings. The Hall–Kier alpha value is -0.770. The smallest absolute Gasteiger partial charge is 0.407 e. The first-order valence-electron chi connectivity index (χ1n) is 6.29. The van der Waals surface area contributed by atoms with E-state index >= 15 is 0 Å². The number of rotatable bonds is 3. The van der Waals surface area contributed by atoms with E-state index in [-0.39, 0.29) is 12.1 Å². The molecular formula is C12H22N2O2. The minimum absolute atomic E-state index is 0.266. The number of hydrogen-bond donors (Lipinski definition) is 1. The van der Waals surface area contributed by atoms with E-state index in [1.165, 1.54) is 32.9 Å². The highest BCUT2D eigenvalue weighted by Crippen LogP contribution is 2.35. The topological polar surface area (TPSA) is 41.6 Å². The second-order valence-electron chi connectivity index (χ2n) is 5.05. The van der Waals surface area contributed by atoms with Gasteiger partial charge in [-0.3, -0.25) is 4.90 Å². The van der Waals surface area contributed by atoms with E-state index in [2.05, 4.69) is 21.9 Å². The number of carbonyl (C=O) groups is 1. The van der Waals surface area contributed by atoms with E-state index in [1.807, 2.05) is 0 Å². The second kappa shape index (κ2) is 5.04. The first kappa shape index (κ1) is 11.7. The van der Waals surface area contributed by atoms with Gasteiger partial charge in [-0.1, -0.05) is 0 Å². The van der Waals surface area contributed by atoms with Gasteiger partial charge >= 0.3 is 6.09 Å². The Morgan fingerprint density at radius 1 is 1.44 bits per heavy atom. The molecule has 92 valence electrons. The molecule has 0 aromatic carbocycles. The maximum absolute atomic E-state index is 11.2.